The second-order valence-electron chi connectivity index (χ2n) is 6.89. The molecule has 3 rings (SSSR count). The molecule has 1 fully saturated rings. The van der Waals surface area contributed by atoms with E-state index in [4.69, 9.17) is 4.52 Å². The van der Waals surface area contributed by atoms with E-state index in [1.165, 1.54) is 5.56 Å². The van der Waals surface area contributed by atoms with E-state index < -0.39 is 0 Å². The summed E-state index contributed by atoms with van der Waals surface area (Å²) in [6.45, 7) is 10.3. The molecule has 1 aromatic carbocycles. The molecule has 1 aliphatic rings. The van der Waals surface area contributed by atoms with Crippen molar-refractivity contribution in [1.29, 1.82) is 0 Å². The lowest BCUT2D eigenvalue weighted by molar-refractivity contribution is -0.132. The van der Waals surface area contributed by atoms with Crippen molar-refractivity contribution in [2.24, 2.45) is 0 Å². The summed E-state index contributed by atoms with van der Waals surface area (Å²) in [4.78, 5) is 17.3. The van der Waals surface area contributed by atoms with Gasteiger partial charge in [0.2, 0.25) is 5.91 Å². The summed E-state index contributed by atoms with van der Waals surface area (Å²) < 4.78 is 5.27. The van der Waals surface area contributed by atoms with E-state index in [1.54, 1.807) is 0 Å². The Morgan fingerprint density at radius 1 is 1.16 bits per heavy atom. The monoisotopic (exact) mass is 341 g/mol. The molecule has 1 aromatic heterocycles. The van der Waals surface area contributed by atoms with Gasteiger partial charge in [-0.1, -0.05) is 35.5 Å². The molecule has 5 nitrogen and oxygen atoms in total. The molecule has 2 heterocycles. The predicted molar refractivity (Wildman–Crippen MR) is 97.3 cm³/mol. The van der Waals surface area contributed by atoms with Crippen LogP contribution in [-0.2, 0) is 11.3 Å². The second-order valence-corrected chi connectivity index (χ2v) is 6.89. The molecular weight excluding hydrogens is 314 g/mol. The highest BCUT2D eigenvalue weighted by molar-refractivity contribution is 5.83. The van der Waals surface area contributed by atoms with Crippen LogP contribution in [0.25, 0.3) is 0 Å². The lowest BCUT2D eigenvalue weighted by atomic mass is 10.00. The third-order valence-electron chi connectivity index (χ3n) is 5.13. The third-order valence-corrected chi connectivity index (χ3v) is 5.13. The Morgan fingerprint density at radius 2 is 1.92 bits per heavy atom. The van der Waals surface area contributed by atoms with Gasteiger partial charge in [-0.3, -0.25) is 9.69 Å². The van der Waals surface area contributed by atoms with E-state index in [0.717, 1.165) is 56.2 Å². The first kappa shape index (κ1) is 17.7. The first-order valence-corrected chi connectivity index (χ1v) is 9.04. The zero-order valence-electron chi connectivity index (χ0n) is 15.4. The van der Waals surface area contributed by atoms with Crippen LogP contribution >= 0.6 is 0 Å². The summed E-state index contributed by atoms with van der Waals surface area (Å²) in [5.41, 5.74) is 3.23. The minimum Gasteiger partial charge on any atom is -0.361 e. The Hall–Kier alpha value is -2.14. The van der Waals surface area contributed by atoms with Gasteiger partial charge in [-0.2, -0.15) is 0 Å². The molecule has 1 amide bonds. The Balaban J connectivity index is 1.60. The molecular formula is C20H27N3O2. The van der Waals surface area contributed by atoms with Crippen molar-refractivity contribution in [3.05, 3.63) is 52.9 Å². The largest absolute Gasteiger partial charge is 0.361 e. The van der Waals surface area contributed by atoms with E-state index in [-0.39, 0.29) is 11.8 Å². The van der Waals surface area contributed by atoms with Crippen molar-refractivity contribution in [1.82, 2.24) is 15.0 Å². The van der Waals surface area contributed by atoms with Gasteiger partial charge < -0.3 is 9.42 Å². The van der Waals surface area contributed by atoms with Crippen LogP contribution < -0.4 is 0 Å². The maximum absolute atomic E-state index is 12.9. The van der Waals surface area contributed by atoms with Crippen LogP contribution in [0.3, 0.4) is 0 Å². The van der Waals surface area contributed by atoms with Gasteiger partial charge >= 0.3 is 0 Å². The molecule has 1 saturated heterocycles. The fraction of sp³-hybridized carbons (Fsp3) is 0.500. The van der Waals surface area contributed by atoms with Crippen molar-refractivity contribution in [3.8, 4) is 0 Å². The van der Waals surface area contributed by atoms with Gasteiger partial charge in [-0.05, 0) is 32.8 Å². The van der Waals surface area contributed by atoms with Crippen molar-refractivity contribution in [3.63, 3.8) is 0 Å². The number of aromatic nitrogens is 1. The van der Waals surface area contributed by atoms with Crippen LogP contribution in [0, 0.1) is 13.8 Å². The van der Waals surface area contributed by atoms with E-state index in [0.29, 0.717) is 0 Å². The van der Waals surface area contributed by atoms with Crippen LogP contribution in [0.2, 0.25) is 0 Å². The highest BCUT2D eigenvalue weighted by Crippen LogP contribution is 2.20. The van der Waals surface area contributed by atoms with Gasteiger partial charge in [0, 0.05) is 38.3 Å². The molecule has 0 radical (unpaired) electrons. The van der Waals surface area contributed by atoms with Gasteiger partial charge in [-0.25, -0.2) is 0 Å². The summed E-state index contributed by atoms with van der Waals surface area (Å²) in [5, 5.41) is 4.04. The lowest BCUT2D eigenvalue weighted by Gasteiger charge is -2.25. The minimum atomic E-state index is -0.0877. The molecule has 2 aromatic rings. The first-order chi connectivity index (χ1) is 12.1. The fourth-order valence-electron chi connectivity index (χ4n) is 3.46. The highest BCUT2D eigenvalue weighted by atomic mass is 16.5. The van der Waals surface area contributed by atoms with E-state index in [1.807, 2.05) is 56.0 Å². The maximum atomic E-state index is 12.9. The predicted octanol–water partition coefficient (Wildman–Crippen LogP) is 3.13. The lowest BCUT2D eigenvalue weighted by Crippen LogP contribution is -2.37. The number of aryl methyl sites for hydroxylation is 2. The average Bonchev–Trinajstić information content (AvgIpc) is 2.83. The van der Waals surface area contributed by atoms with Crippen LogP contribution in [-0.4, -0.2) is 47.0 Å². The minimum absolute atomic E-state index is 0.0877. The topological polar surface area (TPSA) is 49.6 Å². The molecule has 5 heteroatoms. The first-order valence-electron chi connectivity index (χ1n) is 9.04. The normalized spacial score (nSPS) is 17.3. The molecule has 1 atom stereocenters. The number of amides is 1. The SMILES string of the molecule is Cc1noc(C)c1CN1CCCN(C(=O)C(C)c2ccccc2)CC1. The quantitative estimate of drug-likeness (QED) is 0.857. The van der Waals surface area contributed by atoms with E-state index >= 15 is 0 Å². The van der Waals surface area contributed by atoms with Crippen molar-refractivity contribution >= 4 is 5.91 Å². The summed E-state index contributed by atoms with van der Waals surface area (Å²) in [6, 6.07) is 10.0. The van der Waals surface area contributed by atoms with Crippen molar-refractivity contribution in [2.45, 2.75) is 39.7 Å². The van der Waals surface area contributed by atoms with Gasteiger partial charge in [-0.15, -0.1) is 0 Å². The van der Waals surface area contributed by atoms with Gasteiger partial charge in [0.1, 0.15) is 5.76 Å². The number of benzene rings is 1. The van der Waals surface area contributed by atoms with Crippen LogP contribution in [0.5, 0.6) is 0 Å². The number of rotatable bonds is 4. The molecule has 0 N–H and O–H groups in total. The number of hydrogen-bond acceptors (Lipinski definition) is 4. The van der Waals surface area contributed by atoms with Crippen molar-refractivity contribution < 1.29 is 9.32 Å². The number of carbonyl (C=O) groups is 1. The third kappa shape index (κ3) is 4.10. The number of carbonyl (C=O) groups excluding carboxylic acids is 1. The summed E-state index contributed by atoms with van der Waals surface area (Å²) in [6.07, 6.45) is 0.997. The van der Waals surface area contributed by atoms with Crippen LogP contribution in [0.1, 0.15) is 41.8 Å². The average molecular weight is 341 g/mol. The van der Waals surface area contributed by atoms with E-state index in [2.05, 4.69) is 10.1 Å². The molecule has 134 valence electrons. The Kier molecular flexibility index (Phi) is 5.53. The Labute approximate surface area is 149 Å². The Bertz CT molecular complexity index is 691. The van der Waals surface area contributed by atoms with E-state index in [9.17, 15) is 4.79 Å². The molecule has 0 saturated carbocycles. The maximum Gasteiger partial charge on any atom is 0.229 e. The zero-order valence-corrected chi connectivity index (χ0v) is 15.4. The summed E-state index contributed by atoms with van der Waals surface area (Å²) in [5.74, 6) is 1.04. The number of nitrogens with zero attached hydrogens (tertiary/aromatic N) is 3. The second kappa shape index (κ2) is 7.83. The summed E-state index contributed by atoms with van der Waals surface area (Å²) >= 11 is 0. The smallest absolute Gasteiger partial charge is 0.229 e. The fourth-order valence-corrected chi connectivity index (χ4v) is 3.46. The van der Waals surface area contributed by atoms with Crippen LogP contribution in [0.15, 0.2) is 34.9 Å². The van der Waals surface area contributed by atoms with Crippen molar-refractivity contribution in [2.75, 3.05) is 26.2 Å². The van der Waals surface area contributed by atoms with Crippen LogP contribution in [0.4, 0.5) is 0 Å². The molecule has 1 unspecified atom stereocenters. The summed E-state index contributed by atoms with van der Waals surface area (Å²) in [7, 11) is 0. The molecule has 0 spiro atoms. The number of hydrogen-bond donors (Lipinski definition) is 0. The van der Waals surface area contributed by atoms with Gasteiger partial charge in [0.25, 0.3) is 0 Å². The zero-order chi connectivity index (χ0) is 17.8. The molecule has 0 aliphatic carbocycles. The Morgan fingerprint density at radius 3 is 2.60 bits per heavy atom. The van der Waals surface area contributed by atoms with Gasteiger partial charge in [0.15, 0.2) is 0 Å². The molecule has 0 bridgehead atoms. The molecule has 25 heavy (non-hydrogen) atoms. The highest BCUT2D eigenvalue weighted by Gasteiger charge is 2.25. The molecule has 1 aliphatic heterocycles. The van der Waals surface area contributed by atoms with Gasteiger partial charge in [0.05, 0.1) is 11.6 Å². The standard InChI is InChI=1S/C20H27N3O2/c1-15(18-8-5-4-6-9-18)20(24)23-11-7-10-22(12-13-23)14-19-16(2)21-25-17(19)3/h4-6,8-9,15H,7,10-14H2,1-3H3.